The van der Waals surface area contributed by atoms with E-state index in [1.807, 2.05) is 0 Å². The van der Waals surface area contributed by atoms with E-state index >= 15 is 0 Å². The summed E-state index contributed by atoms with van der Waals surface area (Å²) in [7, 11) is 0. The Morgan fingerprint density at radius 3 is 2.52 bits per heavy atom. The second kappa shape index (κ2) is 5.52. The third-order valence-electron chi connectivity index (χ3n) is 4.73. The summed E-state index contributed by atoms with van der Waals surface area (Å²) in [6.45, 7) is 13.3. The van der Waals surface area contributed by atoms with Crippen molar-refractivity contribution in [3.8, 4) is 0 Å². The van der Waals surface area contributed by atoms with Crippen LogP contribution in [-0.2, 0) is 6.42 Å². The lowest BCUT2D eigenvalue weighted by Crippen LogP contribution is -2.48. The molecule has 2 heterocycles. The quantitative estimate of drug-likeness (QED) is 0.912. The number of anilines is 1. The molecule has 4 nitrogen and oxygen atoms in total. The minimum atomic E-state index is -0.327. The largest absolute Gasteiger partial charge is 0.387 e. The molecule has 0 bridgehead atoms. The van der Waals surface area contributed by atoms with E-state index in [-0.39, 0.29) is 11.5 Å². The molecule has 1 aliphatic carbocycles. The maximum Gasteiger partial charge on any atom is 0.185 e. The van der Waals surface area contributed by atoms with Crippen molar-refractivity contribution >= 4 is 16.5 Å². The zero-order chi connectivity index (χ0) is 15.2. The van der Waals surface area contributed by atoms with Crippen LogP contribution in [0.3, 0.4) is 0 Å². The summed E-state index contributed by atoms with van der Waals surface area (Å²) in [6, 6.07) is 0.624. The molecule has 0 saturated carbocycles. The molecule has 1 N–H and O–H groups in total. The van der Waals surface area contributed by atoms with Gasteiger partial charge < -0.3 is 10.0 Å². The Labute approximate surface area is 131 Å². The first-order chi connectivity index (χ1) is 9.85. The molecule has 0 amide bonds. The van der Waals surface area contributed by atoms with Gasteiger partial charge in [-0.15, -0.1) is 0 Å². The van der Waals surface area contributed by atoms with E-state index in [2.05, 4.69) is 37.5 Å². The number of aliphatic hydroxyl groups excluding tert-OH is 1. The van der Waals surface area contributed by atoms with Crippen LogP contribution in [0.4, 0.5) is 5.13 Å². The highest BCUT2D eigenvalue weighted by Gasteiger charge is 2.35. The van der Waals surface area contributed by atoms with E-state index < -0.39 is 0 Å². The smallest absolute Gasteiger partial charge is 0.185 e. The molecule has 1 aromatic heterocycles. The highest BCUT2D eigenvalue weighted by Crippen LogP contribution is 2.44. The van der Waals surface area contributed by atoms with Gasteiger partial charge in [0.1, 0.15) is 0 Å². The molecular formula is C16H27N3OS. The van der Waals surface area contributed by atoms with Crippen LogP contribution in [0.25, 0.3) is 0 Å². The molecule has 0 spiro atoms. The number of hydrogen-bond acceptors (Lipinski definition) is 5. The number of thiazole rings is 1. The topological polar surface area (TPSA) is 39.6 Å². The van der Waals surface area contributed by atoms with Crippen molar-refractivity contribution in [2.75, 3.05) is 31.1 Å². The minimum absolute atomic E-state index is 0.161. The Morgan fingerprint density at radius 2 is 1.90 bits per heavy atom. The van der Waals surface area contributed by atoms with Crippen LogP contribution in [-0.4, -0.2) is 47.2 Å². The van der Waals surface area contributed by atoms with Gasteiger partial charge in [0, 0.05) is 32.2 Å². The summed E-state index contributed by atoms with van der Waals surface area (Å²) in [5.41, 5.74) is 1.29. The normalized spacial score (nSPS) is 26.2. The zero-order valence-corrected chi connectivity index (χ0v) is 14.4. The highest BCUT2D eigenvalue weighted by atomic mass is 32.1. The Hall–Kier alpha value is -0.650. The molecule has 1 saturated heterocycles. The Bertz CT molecular complexity index is 504. The van der Waals surface area contributed by atoms with Crippen molar-refractivity contribution in [1.82, 2.24) is 9.88 Å². The molecule has 0 radical (unpaired) electrons. The Balaban J connectivity index is 1.74. The fraction of sp³-hybridized carbons (Fsp3) is 0.812. The van der Waals surface area contributed by atoms with Gasteiger partial charge in [0.05, 0.1) is 16.7 Å². The van der Waals surface area contributed by atoms with Gasteiger partial charge in [-0.05, 0) is 32.1 Å². The third kappa shape index (κ3) is 3.10. The van der Waals surface area contributed by atoms with E-state index in [4.69, 9.17) is 4.98 Å². The average Bonchev–Trinajstić information content (AvgIpc) is 2.81. The molecule has 118 valence electrons. The predicted molar refractivity (Wildman–Crippen MR) is 88.1 cm³/mol. The van der Waals surface area contributed by atoms with Crippen LogP contribution in [0.15, 0.2) is 0 Å². The molecule has 21 heavy (non-hydrogen) atoms. The number of nitrogens with zero attached hydrogens (tertiary/aromatic N) is 3. The maximum absolute atomic E-state index is 10.4. The van der Waals surface area contributed by atoms with Crippen LogP contribution in [0.5, 0.6) is 0 Å². The van der Waals surface area contributed by atoms with Crippen molar-refractivity contribution in [3.05, 3.63) is 10.6 Å². The first-order valence-corrected chi connectivity index (χ1v) is 8.84. The SMILES string of the molecule is CC(C)N1CCN(c2nc3c(s2)C(O)CC(C)(C)C3)CC1. The Morgan fingerprint density at radius 1 is 1.24 bits per heavy atom. The van der Waals surface area contributed by atoms with Gasteiger partial charge in [0.25, 0.3) is 0 Å². The number of fused-ring (bicyclic) bond motifs is 1. The third-order valence-corrected chi connectivity index (χ3v) is 5.99. The monoisotopic (exact) mass is 309 g/mol. The second-order valence-corrected chi connectivity index (χ2v) is 8.49. The number of aliphatic hydroxyl groups is 1. The van der Waals surface area contributed by atoms with Gasteiger partial charge in [0.15, 0.2) is 5.13 Å². The number of hydrogen-bond donors (Lipinski definition) is 1. The molecule has 1 aromatic rings. The number of aromatic nitrogens is 1. The summed E-state index contributed by atoms with van der Waals surface area (Å²) in [4.78, 5) is 10.9. The Kier molecular flexibility index (Phi) is 4.01. The zero-order valence-electron chi connectivity index (χ0n) is 13.6. The van der Waals surface area contributed by atoms with Crippen LogP contribution in [0, 0.1) is 5.41 Å². The van der Waals surface area contributed by atoms with Gasteiger partial charge in [-0.25, -0.2) is 4.98 Å². The van der Waals surface area contributed by atoms with Crippen molar-refractivity contribution in [2.45, 2.75) is 52.7 Å². The van der Waals surface area contributed by atoms with Crippen molar-refractivity contribution in [1.29, 1.82) is 0 Å². The van der Waals surface area contributed by atoms with E-state index in [0.717, 1.165) is 54.7 Å². The molecule has 2 aliphatic rings. The van der Waals surface area contributed by atoms with Crippen LogP contribution >= 0.6 is 11.3 Å². The lowest BCUT2D eigenvalue weighted by Gasteiger charge is -2.36. The second-order valence-electron chi connectivity index (χ2n) is 7.49. The fourth-order valence-corrected chi connectivity index (χ4v) is 4.56. The lowest BCUT2D eigenvalue weighted by molar-refractivity contribution is 0.102. The summed E-state index contributed by atoms with van der Waals surface area (Å²) in [5, 5.41) is 11.5. The van der Waals surface area contributed by atoms with Crippen LogP contribution in [0.2, 0.25) is 0 Å². The number of piperazine rings is 1. The van der Waals surface area contributed by atoms with Crippen molar-refractivity contribution in [2.24, 2.45) is 5.41 Å². The van der Waals surface area contributed by atoms with Gasteiger partial charge in [-0.1, -0.05) is 25.2 Å². The van der Waals surface area contributed by atoms with Gasteiger partial charge in [-0.2, -0.15) is 0 Å². The van der Waals surface area contributed by atoms with E-state index in [0.29, 0.717) is 6.04 Å². The van der Waals surface area contributed by atoms with Crippen molar-refractivity contribution in [3.63, 3.8) is 0 Å². The molecule has 5 heteroatoms. The molecule has 1 aliphatic heterocycles. The fourth-order valence-electron chi connectivity index (χ4n) is 3.44. The van der Waals surface area contributed by atoms with Crippen LogP contribution in [0.1, 0.15) is 50.8 Å². The van der Waals surface area contributed by atoms with E-state index in [1.54, 1.807) is 11.3 Å². The summed E-state index contributed by atoms with van der Waals surface area (Å²) < 4.78 is 0. The van der Waals surface area contributed by atoms with Crippen molar-refractivity contribution < 1.29 is 5.11 Å². The van der Waals surface area contributed by atoms with Gasteiger partial charge >= 0.3 is 0 Å². The molecule has 0 aromatic carbocycles. The lowest BCUT2D eigenvalue weighted by atomic mass is 9.77. The van der Waals surface area contributed by atoms with Gasteiger partial charge in [-0.3, -0.25) is 4.90 Å². The highest BCUT2D eigenvalue weighted by molar-refractivity contribution is 7.15. The number of rotatable bonds is 2. The molecule has 1 fully saturated rings. The predicted octanol–water partition coefficient (Wildman–Crippen LogP) is 2.68. The van der Waals surface area contributed by atoms with Crippen LogP contribution < -0.4 is 4.90 Å². The van der Waals surface area contributed by atoms with E-state index in [1.165, 1.54) is 0 Å². The maximum atomic E-state index is 10.4. The summed E-state index contributed by atoms with van der Waals surface area (Å²) in [5.74, 6) is 0. The average molecular weight is 309 g/mol. The molecule has 3 rings (SSSR count). The minimum Gasteiger partial charge on any atom is -0.387 e. The summed E-state index contributed by atoms with van der Waals surface area (Å²) >= 11 is 1.71. The van der Waals surface area contributed by atoms with Gasteiger partial charge in [0.2, 0.25) is 0 Å². The molecular weight excluding hydrogens is 282 g/mol. The first kappa shape index (κ1) is 15.3. The standard InChI is InChI=1S/C16H27N3OS/c1-11(2)18-5-7-19(8-6-18)15-17-12-9-16(3,4)10-13(20)14(12)21-15/h11,13,20H,5-10H2,1-4H3. The molecule has 1 unspecified atom stereocenters. The molecule has 1 atom stereocenters. The first-order valence-electron chi connectivity index (χ1n) is 8.02. The van der Waals surface area contributed by atoms with E-state index in [9.17, 15) is 5.11 Å². The summed E-state index contributed by atoms with van der Waals surface area (Å²) in [6.07, 6.45) is 1.51.